The second-order valence-corrected chi connectivity index (χ2v) is 10.2. The maximum Gasteiger partial charge on any atom is 0.400 e. The number of fused-ring (bicyclic) bond motifs is 1. The second kappa shape index (κ2) is 9.15. The van der Waals surface area contributed by atoms with E-state index in [0.717, 1.165) is 36.0 Å². The molecular formula is C22H27F3O6S. The normalized spacial score (nSPS) is 29.0. The predicted molar refractivity (Wildman–Crippen MR) is 111 cm³/mol. The molecule has 0 heterocycles. The summed E-state index contributed by atoms with van der Waals surface area (Å²) in [6.07, 6.45) is 8.45. The van der Waals surface area contributed by atoms with Crippen molar-refractivity contribution in [1.29, 1.82) is 0 Å². The van der Waals surface area contributed by atoms with Crippen molar-refractivity contribution in [3.63, 3.8) is 0 Å². The third-order valence-corrected chi connectivity index (χ3v) is 7.33. The van der Waals surface area contributed by atoms with Crippen molar-refractivity contribution < 1.29 is 40.8 Å². The Kier molecular flexibility index (Phi) is 7.07. The number of carbonyl (C=O) groups excluding carboxylic acids is 1. The Hall–Kier alpha value is -1.91. The van der Waals surface area contributed by atoms with Gasteiger partial charge in [0.25, 0.3) is 0 Å². The second-order valence-electron chi connectivity index (χ2n) is 8.74. The van der Waals surface area contributed by atoms with Gasteiger partial charge in [-0.2, -0.15) is 17.2 Å². The fourth-order valence-electron chi connectivity index (χ4n) is 4.61. The maximum absolute atomic E-state index is 13.5. The van der Waals surface area contributed by atoms with Gasteiger partial charge in [-0.1, -0.05) is 36.0 Å². The fourth-order valence-corrected chi connectivity index (χ4v) is 5.05. The minimum atomic E-state index is -5.90. The van der Waals surface area contributed by atoms with E-state index >= 15 is 0 Å². The monoisotopic (exact) mass is 476 g/mol. The van der Waals surface area contributed by atoms with E-state index in [4.69, 9.17) is 9.29 Å². The zero-order valence-corrected chi connectivity index (χ0v) is 18.5. The minimum absolute atomic E-state index is 0.0877. The summed E-state index contributed by atoms with van der Waals surface area (Å²) in [6.45, 7) is 1.11. The van der Waals surface area contributed by atoms with Gasteiger partial charge in [0.15, 0.2) is 6.17 Å². The zero-order chi connectivity index (χ0) is 23.7. The van der Waals surface area contributed by atoms with Gasteiger partial charge >= 0.3 is 21.3 Å². The van der Waals surface area contributed by atoms with E-state index in [-0.39, 0.29) is 18.3 Å². The molecule has 3 rings (SSSR count). The van der Waals surface area contributed by atoms with E-state index in [1.807, 2.05) is 37.3 Å². The molecule has 10 heteroatoms. The molecule has 3 aliphatic carbocycles. The van der Waals surface area contributed by atoms with Gasteiger partial charge in [-0.25, -0.2) is 4.39 Å². The van der Waals surface area contributed by atoms with Crippen molar-refractivity contribution in [1.82, 2.24) is 0 Å². The quantitative estimate of drug-likeness (QED) is 0.405. The van der Waals surface area contributed by atoms with Crippen LogP contribution in [-0.2, 0) is 19.6 Å². The summed E-state index contributed by atoms with van der Waals surface area (Å²) < 4.78 is 74.2. The van der Waals surface area contributed by atoms with Crippen molar-refractivity contribution >= 4 is 16.1 Å². The van der Waals surface area contributed by atoms with Crippen LogP contribution in [0.2, 0.25) is 0 Å². The standard InChI is InChI=1S/C22H27F3O6S/c1-21(27)10-3-6-18(21)16-7-8-17-14(12-16)4-2-5-15(17)13-20(26)31-11-9-19(23)22(24,25)32(28,29)30/h2,4-5,7-8,15,18-19,27H,3,6,9-13H2,1H3,(H,28,29,30). The predicted octanol–water partition coefficient (Wildman–Crippen LogP) is 4.05. The molecule has 0 aromatic rings. The van der Waals surface area contributed by atoms with Crippen LogP contribution in [0.3, 0.4) is 0 Å². The van der Waals surface area contributed by atoms with E-state index in [9.17, 15) is 31.5 Å². The van der Waals surface area contributed by atoms with Gasteiger partial charge in [-0.3, -0.25) is 9.35 Å². The molecule has 0 aromatic heterocycles. The lowest BCUT2D eigenvalue weighted by Gasteiger charge is -2.32. The highest BCUT2D eigenvalue weighted by Gasteiger charge is 2.52. The van der Waals surface area contributed by atoms with Gasteiger partial charge in [0.05, 0.1) is 18.6 Å². The molecule has 4 atom stereocenters. The first-order valence-corrected chi connectivity index (χ1v) is 11.9. The van der Waals surface area contributed by atoms with Crippen molar-refractivity contribution in [3.8, 4) is 0 Å². The van der Waals surface area contributed by atoms with Crippen molar-refractivity contribution in [3.05, 3.63) is 47.1 Å². The number of hydrogen-bond donors (Lipinski definition) is 2. The number of alkyl halides is 3. The van der Waals surface area contributed by atoms with Crippen molar-refractivity contribution in [2.45, 2.75) is 62.5 Å². The number of aliphatic hydroxyl groups is 1. The van der Waals surface area contributed by atoms with Crippen molar-refractivity contribution in [2.24, 2.45) is 11.8 Å². The summed E-state index contributed by atoms with van der Waals surface area (Å²) >= 11 is 0. The van der Waals surface area contributed by atoms with Crippen LogP contribution in [0.25, 0.3) is 0 Å². The van der Waals surface area contributed by atoms with Crippen molar-refractivity contribution in [2.75, 3.05) is 6.61 Å². The summed E-state index contributed by atoms with van der Waals surface area (Å²) in [4.78, 5) is 12.1. The summed E-state index contributed by atoms with van der Waals surface area (Å²) in [7, 11) is -5.90. The first-order valence-electron chi connectivity index (χ1n) is 10.5. The first-order chi connectivity index (χ1) is 14.8. The number of esters is 1. The largest absolute Gasteiger partial charge is 0.466 e. The first kappa shape index (κ1) is 24.7. The van der Waals surface area contributed by atoms with Gasteiger partial charge in [0, 0.05) is 18.3 Å². The molecule has 6 nitrogen and oxygen atoms in total. The number of ether oxygens (including phenoxy) is 1. The summed E-state index contributed by atoms with van der Waals surface area (Å²) in [6, 6.07) is 0. The molecule has 0 aromatic carbocycles. The SMILES string of the molecule is CC1(O)CCCC1C1=CC=C2C(=CC=CC2CC(=O)OCCC(F)C(F)(F)S(=O)(=O)O)C1. The smallest absolute Gasteiger partial charge is 0.400 e. The van der Waals surface area contributed by atoms with E-state index in [2.05, 4.69) is 0 Å². The average molecular weight is 477 g/mol. The molecule has 178 valence electrons. The van der Waals surface area contributed by atoms with Crippen LogP contribution < -0.4 is 0 Å². The van der Waals surface area contributed by atoms with Crippen LogP contribution in [-0.4, -0.2) is 47.7 Å². The fraction of sp³-hybridized carbons (Fsp3) is 0.591. The minimum Gasteiger partial charge on any atom is -0.466 e. The van der Waals surface area contributed by atoms with Crippen LogP contribution in [0, 0.1) is 11.8 Å². The molecule has 1 fully saturated rings. The summed E-state index contributed by atoms with van der Waals surface area (Å²) in [5.41, 5.74) is 2.37. The molecule has 4 unspecified atom stereocenters. The Morgan fingerprint density at radius 2 is 2.06 bits per heavy atom. The Morgan fingerprint density at radius 1 is 1.34 bits per heavy atom. The Bertz CT molecular complexity index is 978. The molecule has 3 aliphatic rings. The molecule has 1 saturated carbocycles. The summed E-state index contributed by atoms with van der Waals surface area (Å²) in [5, 5.41) is 5.65. The number of rotatable bonds is 8. The number of hydrogen-bond acceptors (Lipinski definition) is 5. The van der Waals surface area contributed by atoms with Gasteiger partial charge in [0.2, 0.25) is 0 Å². The Labute approximate surface area is 185 Å². The molecule has 32 heavy (non-hydrogen) atoms. The lowest BCUT2D eigenvalue weighted by Crippen LogP contribution is -2.39. The zero-order valence-electron chi connectivity index (χ0n) is 17.6. The molecule has 0 amide bonds. The van der Waals surface area contributed by atoms with E-state index < -0.39 is 46.1 Å². The third kappa shape index (κ3) is 5.18. The molecule has 0 radical (unpaired) electrons. The van der Waals surface area contributed by atoms with Gasteiger partial charge in [0.1, 0.15) is 0 Å². The maximum atomic E-state index is 13.5. The van der Waals surface area contributed by atoms with Crippen LogP contribution >= 0.6 is 0 Å². The molecule has 0 saturated heterocycles. The number of halogens is 3. The van der Waals surface area contributed by atoms with E-state index in [1.165, 1.54) is 0 Å². The van der Waals surface area contributed by atoms with Gasteiger partial charge < -0.3 is 9.84 Å². The molecule has 0 aliphatic heterocycles. The van der Waals surface area contributed by atoms with Crippen LogP contribution in [0.5, 0.6) is 0 Å². The number of allylic oxidation sites excluding steroid dienone is 7. The van der Waals surface area contributed by atoms with Crippen LogP contribution in [0.15, 0.2) is 47.1 Å². The van der Waals surface area contributed by atoms with Crippen LogP contribution in [0.4, 0.5) is 13.2 Å². The van der Waals surface area contributed by atoms with Gasteiger partial charge in [-0.15, -0.1) is 0 Å². The van der Waals surface area contributed by atoms with E-state index in [0.29, 0.717) is 6.42 Å². The molecular weight excluding hydrogens is 449 g/mol. The Balaban J connectivity index is 1.57. The average Bonchev–Trinajstić information content (AvgIpc) is 3.05. The summed E-state index contributed by atoms with van der Waals surface area (Å²) in [5.74, 6) is -0.951. The number of carbonyl (C=O) groups is 1. The highest BCUT2D eigenvalue weighted by Crippen LogP contribution is 2.45. The van der Waals surface area contributed by atoms with Crippen LogP contribution in [0.1, 0.15) is 45.4 Å². The molecule has 0 bridgehead atoms. The topological polar surface area (TPSA) is 101 Å². The molecule has 0 spiro atoms. The highest BCUT2D eigenvalue weighted by atomic mass is 32.2. The third-order valence-electron chi connectivity index (χ3n) is 6.39. The lowest BCUT2D eigenvalue weighted by molar-refractivity contribution is -0.145. The van der Waals surface area contributed by atoms with Gasteiger partial charge in [-0.05, 0) is 43.8 Å². The molecule has 2 N–H and O–H groups in total. The van der Waals surface area contributed by atoms with E-state index in [1.54, 1.807) is 0 Å². The lowest BCUT2D eigenvalue weighted by atomic mass is 9.75. The Morgan fingerprint density at radius 3 is 2.69 bits per heavy atom. The highest BCUT2D eigenvalue weighted by molar-refractivity contribution is 7.86.